The van der Waals surface area contributed by atoms with Gasteiger partial charge in [0.25, 0.3) is 0 Å². The predicted octanol–water partition coefficient (Wildman–Crippen LogP) is 4.52. The second-order valence-corrected chi connectivity index (χ2v) is 4.99. The summed E-state index contributed by atoms with van der Waals surface area (Å²) >= 11 is 11.8. The first-order valence-corrected chi connectivity index (χ1v) is 7.16. The largest absolute Gasteiger partial charge is 0.462 e. The van der Waals surface area contributed by atoms with Crippen molar-refractivity contribution in [3.8, 4) is 0 Å². The number of halogens is 3. The third-order valence-electron chi connectivity index (χ3n) is 2.77. The van der Waals surface area contributed by atoms with E-state index in [9.17, 15) is 14.0 Å². The van der Waals surface area contributed by atoms with Crippen molar-refractivity contribution in [2.75, 3.05) is 6.61 Å². The van der Waals surface area contributed by atoms with Gasteiger partial charge in [0.15, 0.2) is 0 Å². The highest BCUT2D eigenvalue weighted by Gasteiger charge is 2.25. The van der Waals surface area contributed by atoms with E-state index in [1.807, 2.05) is 0 Å². The molecule has 0 aliphatic rings. The van der Waals surface area contributed by atoms with Gasteiger partial charge in [0.05, 0.1) is 16.7 Å². The van der Waals surface area contributed by atoms with Crippen LogP contribution in [0.2, 0.25) is 10.0 Å². The van der Waals surface area contributed by atoms with Crippen molar-refractivity contribution in [2.45, 2.75) is 27.2 Å². The van der Waals surface area contributed by atoms with Crippen LogP contribution in [0.3, 0.4) is 0 Å². The highest BCUT2D eigenvalue weighted by Crippen LogP contribution is 2.31. The third-order valence-corrected chi connectivity index (χ3v) is 3.72. The molecule has 1 aromatic carbocycles. The second kappa shape index (κ2) is 7.57. The minimum Gasteiger partial charge on any atom is -0.462 e. The lowest BCUT2D eigenvalue weighted by Gasteiger charge is -2.11. The van der Waals surface area contributed by atoms with E-state index in [0.29, 0.717) is 6.42 Å². The molecule has 0 bridgehead atoms. The molecule has 1 rings (SSSR count). The molecule has 0 spiro atoms. The molecule has 21 heavy (non-hydrogen) atoms. The van der Waals surface area contributed by atoms with Crippen LogP contribution in [0.25, 0.3) is 0 Å². The van der Waals surface area contributed by atoms with Crippen LogP contribution >= 0.6 is 23.2 Å². The molecule has 0 aromatic heterocycles. The van der Waals surface area contributed by atoms with Crippen molar-refractivity contribution in [3.05, 3.63) is 44.7 Å². The number of esters is 1. The second-order valence-electron chi connectivity index (χ2n) is 4.23. The summed E-state index contributed by atoms with van der Waals surface area (Å²) in [6.07, 6.45) is 1.88. The molecule has 0 amide bonds. The van der Waals surface area contributed by atoms with Gasteiger partial charge in [0.1, 0.15) is 11.4 Å². The van der Waals surface area contributed by atoms with Gasteiger partial charge in [-0.25, -0.2) is 9.18 Å². The van der Waals surface area contributed by atoms with Gasteiger partial charge in [0, 0.05) is 5.56 Å². The Morgan fingerprint density at radius 2 is 1.90 bits per heavy atom. The number of rotatable bonds is 5. The highest BCUT2D eigenvalue weighted by atomic mass is 35.5. The maximum absolute atomic E-state index is 13.7. The molecule has 0 atom stereocenters. The van der Waals surface area contributed by atoms with Gasteiger partial charge >= 0.3 is 5.97 Å². The number of hydrogen-bond donors (Lipinski definition) is 0. The predicted molar refractivity (Wildman–Crippen MR) is 80.5 cm³/mol. The Morgan fingerprint density at radius 1 is 1.29 bits per heavy atom. The minimum atomic E-state index is -0.762. The highest BCUT2D eigenvalue weighted by molar-refractivity contribution is 6.40. The minimum absolute atomic E-state index is 0.0256. The fraction of sp³-hybridized carbons (Fsp3) is 0.333. The van der Waals surface area contributed by atoms with Crippen LogP contribution in [-0.2, 0) is 9.53 Å². The summed E-state index contributed by atoms with van der Waals surface area (Å²) < 4.78 is 18.5. The maximum atomic E-state index is 13.7. The van der Waals surface area contributed by atoms with Crippen molar-refractivity contribution < 1.29 is 18.7 Å². The Kier molecular flexibility index (Phi) is 6.37. The summed E-state index contributed by atoms with van der Waals surface area (Å²) in [4.78, 5) is 24.2. The lowest BCUT2D eigenvalue weighted by Crippen LogP contribution is -2.17. The van der Waals surface area contributed by atoms with E-state index in [1.165, 1.54) is 13.0 Å². The smallest absolute Gasteiger partial charge is 0.341 e. The molecule has 0 aliphatic heterocycles. The first kappa shape index (κ1) is 17.7. The fourth-order valence-corrected chi connectivity index (χ4v) is 2.16. The number of ether oxygens (including phenoxy) is 1. The average Bonchev–Trinajstić information content (AvgIpc) is 2.45. The van der Waals surface area contributed by atoms with Gasteiger partial charge < -0.3 is 4.74 Å². The molecule has 114 valence electrons. The zero-order chi connectivity index (χ0) is 16.2. The van der Waals surface area contributed by atoms with Gasteiger partial charge in [-0.1, -0.05) is 36.2 Å². The maximum Gasteiger partial charge on any atom is 0.341 e. The Labute approximate surface area is 132 Å². The summed E-state index contributed by atoms with van der Waals surface area (Å²) in [5.74, 6) is -2.20. The van der Waals surface area contributed by atoms with Gasteiger partial charge in [-0.2, -0.15) is 0 Å². The number of benzene rings is 1. The lowest BCUT2D eigenvalue weighted by molar-refractivity contribution is -0.138. The summed E-state index contributed by atoms with van der Waals surface area (Å²) in [7, 11) is 0. The monoisotopic (exact) mass is 332 g/mol. The van der Waals surface area contributed by atoms with Crippen LogP contribution in [0.15, 0.2) is 17.7 Å². The van der Waals surface area contributed by atoms with Crippen LogP contribution in [0.1, 0.15) is 36.2 Å². The SMILES string of the molecule is CCC=C(C(=O)OCC)C(=O)c1cc(F)c(Cl)c(C)c1Cl. The average molecular weight is 333 g/mol. The number of ketones is 1. The zero-order valence-electron chi connectivity index (χ0n) is 11.9. The molecule has 1 aromatic rings. The Morgan fingerprint density at radius 3 is 2.43 bits per heavy atom. The zero-order valence-corrected chi connectivity index (χ0v) is 13.4. The third kappa shape index (κ3) is 3.83. The van der Waals surface area contributed by atoms with Crippen LogP contribution < -0.4 is 0 Å². The van der Waals surface area contributed by atoms with Gasteiger partial charge in [0.2, 0.25) is 5.78 Å². The van der Waals surface area contributed by atoms with Crippen LogP contribution in [0, 0.1) is 12.7 Å². The number of hydrogen-bond acceptors (Lipinski definition) is 3. The Balaban J connectivity index is 3.35. The van der Waals surface area contributed by atoms with Crippen LogP contribution in [0.5, 0.6) is 0 Å². The van der Waals surface area contributed by atoms with E-state index in [0.717, 1.165) is 6.07 Å². The topological polar surface area (TPSA) is 43.4 Å². The molecule has 0 N–H and O–H groups in total. The van der Waals surface area contributed by atoms with E-state index in [-0.39, 0.29) is 33.4 Å². The van der Waals surface area contributed by atoms with E-state index in [2.05, 4.69) is 0 Å². The van der Waals surface area contributed by atoms with Crippen molar-refractivity contribution >= 4 is 35.0 Å². The number of allylic oxidation sites excluding steroid dienone is 1. The van der Waals surface area contributed by atoms with Crippen molar-refractivity contribution in [3.63, 3.8) is 0 Å². The van der Waals surface area contributed by atoms with Crippen LogP contribution in [-0.4, -0.2) is 18.4 Å². The normalized spacial score (nSPS) is 11.4. The molecule has 0 unspecified atom stereocenters. The molecule has 3 nitrogen and oxygen atoms in total. The number of carbonyl (C=O) groups is 2. The van der Waals surface area contributed by atoms with Crippen molar-refractivity contribution in [1.82, 2.24) is 0 Å². The van der Waals surface area contributed by atoms with Gasteiger partial charge in [-0.3, -0.25) is 4.79 Å². The first-order chi connectivity index (χ1) is 9.84. The van der Waals surface area contributed by atoms with Crippen LogP contribution in [0.4, 0.5) is 4.39 Å². The standard InChI is InChI=1S/C15H15Cl2FO3/c1-4-6-9(15(20)21-5-2)14(19)10-7-11(18)13(17)8(3)12(10)16/h6-7H,4-5H2,1-3H3. The Hall–Kier alpha value is -1.39. The number of Topliss-reactive ketones (excluding diaryl/α,β-unsaturated/α-hetero) is 1. The molecule has 0 fully saturated rings. The number of carbonyl (C=O) groups excluding carboxylic acids is 2. The van der Waals surface area contributed by atoms with Crippen molar-refractivity contribution in [1.29, 1.82) is 0 Å². The molecule has 0 saturated heterocycles. The molecule has 0 radical (unpaired) electrons. The summed E-state index contributed by atoms with van der Waals surface area (Å²) in [5.41, 5.74) is -0.0208. The molecular weight excluding hydrogens is 318 g/mol. The van der Waals surface area contributed by atoms with E-state index >= 15 is 0 Å². The first-order valence-electron chi connectivity index (χ1n) is 6.41. The Bertz CT molecular complexity index is 609. The van der Waals surface area contributed by atoms with Crippen molar-refractivity contribution in [2.24, 2.45) is 0 Å². The fourth-order valence-electron chi connectivity index (χ4n) is 1.72. The summed E-state index contributed by atoms with van der Waals surface area (Å²) in [6.45, 7) is 5.03. The molecule has 6 heteroatoms. The summed E-state index contributed by atoms with van der Waals surface area (Å²) in [5, 5.41) is -0.119. The lowest BCUT2D eigenvalue weighted by atomic mass is 10.0. The van der Waals surface area contributed by atoms with E-state index in [4.69, 9.17) is 27.9 Å². The molecule has 0 aliphatic carbocycles. The van der Waals surface area contributed by atoms with Gasteiger partial charge in [-0.05, 0) is 31.9 Å². The molecular formula is C15H15Cl2FO3. The quantitative estimate of drug-likeness (QED) is 0.199. The summed E-state index contributed by atoms with van der Waals surface area (Å²) in [6, 6.07) is 0.933. The molecule has 0 saturated carbocycles. The van der Waals surface area contributed by atoms with E-state index < -0.39 is 17.6 Å². The molecule has 0 heterocycles. The van der Waals surface area contributed by atoms with E-state index in [1.54, 1.807) is 13.8 Å². The van der Waals surface area contributed by atoms with Gasteiger partial charge in [-0.15, -0.1) is 0 Å².